The van der Waals surface area contributed by atoms with Crippen molar-refractivity contribution in [2.75, 3.05) is 26.7 Å². The van der Waals surface area contributed by atoms with E-state index >= 15 is 0 Å². The summed E-state index contributed by atoms with van der Waals surface area (Å²) < 4.78 is 12.8. The van der Waals surface area contributed by atoms with Crippen LogP contribution >= 0.6 is 0 Å². The van der Waals surface area contributed by atoms with Crippen molar-refractivity contribution in [3.8, 4) is 17.2 Å². The van der Waals surface area contributed by atoms with E-state index in [1.54, 1.807) is 19.3 Å². The number of piperidine rings is 1. The molecule has 41 heavy (non-hydrogen) atoms. The Morgan fingerprint density at radius 2 is 2.07 bits per heavy atom. The lowest BCUT2D eigenvalue weighted by Gasteiger charge is -2.60. The summed E-state index contributed by atoms with van der Waals surface area (Å²) in [6.07, 6.45) is 10.1. The zero-order chi connectivity index (χ0) is 28.5. The number of carbonyl (C=O) groups is 1. The lowest BCUT2D eigenvalue weighted by molar-refractivity contribution is -0.138. The number of likely N-dealkylation sites (tertiary alicyclic amines) is 1. The van der Waals surface area contributed by atoms with E-state index in [1.807, 2.05) is 18.2 Å². The van der Waals surface area contributed by atoms with Gasteiger partial charge in [0.15, 0.2) is 11.5 Å². The molecule has 0 aromatic heterocycles. The van der Waals surface area contributed by atoms with E-state index in [9.17, 15) is 9.90 Å². The van der Waals surface area contributed by atoms with Crippen LogP contribution in [0.4, 0.5) is 0 Å². The molecule has 1 saturated heterocycles. The molecule has 2 bridgehead atoms. The van der Waals surface area contributed by atoms with Crippen molar-refractivity contribution >= 4 is 12.0 Å². The monoisotopic (exact) mass is 556 g/mol. The molecule has 7 rings (SSSR count). The van der Waals surface area contributed by atoms with E-state index < -0.39 is 0 Å². The quantitative estimate of drug-likeness (QED) is 0.421. The van der Waals surface area contributed by atoms with E-state index in [1.165, 1.54) is 30.5 Å². The number of aryl methyl sites for hydroxylation is 1. The molecule has 6 heteroatoms. The normalized spacial score (nSPS) is 29.9. The molecule has 2 aromatic rings. The molecule has 1 spiro atoms. The molecule has 6 nitrogen and oxygen atoms in total. The van der Waals surface area contributed by atoms with E-state index in [-0.39, 0.29) is 23.5 Å². The number of phenolic OH excluding ortho intramolecular Hbond substituents is 1. The van der Waals surface area contributed by atoms with Gasteiger partial charge in [-0.25, -0.2) is 0 Å². The van der Waals surface area contributed by atoms with Crippen molar-refractivity contribution < 1.29 is 19.4 Å². The number of rotatable bonds is 8. The van der Waals surface area contributed by atoms with Gasteiger partial charge in [0, 0.05) is 47.8 Å². The van der Waals surface area contributed by atoms with Gasteiger partial charge in [-0.2, -0.15) is 0 Å². The van der Waals surface area contributed by atoms with Gasteiger partial charge in [0.25, 0.3) is 0 Å². The fraction of sp³-hybridized carbons (Fsp3) is 0.571. The van der Waals surface area contributed by atoms with Gasteiger partial charge in [-0.15, -0.1) is 0 Å². The summed E-state index contributed by atoms with van der Waals surface area (Å²) in [5.41, 5.74) is 4.24. The van der Waals surface area contributed by atoms with Gasteiger partial charge in [0.2, 0.25) is 5.91 Å². The van der Waals surface area contributed by atoms with Crippen molar-refractivity contribution in [1.29, 1.82) is 0 Å². The van der Waals surface area contributed by atoms with Gasteiger partial charge in [-0.1, -0.05) is 43.7 Å². The summed E-state index contributed by atoms with van der Waals surface area (Å²) in [7, 11) is 1.66. The Morgan fingerprint density at radius 3 is 2.80 bits per heavy atom. The number of benzene rings is 2. The standard InChI is InChI=1S/C35H44N2O4/c1-21(2)19-37(31(39)13-10-23-7-5-6-22(3)16-23)27-12-11-26-28-17-25-29(38)18-30(40-4)33-32(25)35(26,34(27)41-33)14-15-36(28)20-24-8-9-24/h5-7,10,13,16,18,21,24,26-28,34,38H,8-9,11-12,14-15,17,19-20H2,1-4H3/t26-,27+,28+,34-,35-/m0/s1. The predicted molar refractivity (Wildman–Crippen MR) is 160 cm³/mol. The van der Waals surface area contributed by atoms with Crippen LogP contribution in [-0.4, -0.2) is 65.7 Å². The SMILES string of the molecule is COc1cc(O)c2c3c1O[C@H]1[C@H](N(CC(C)C)C(=O)C=Cc4cccc(C)c4)CC[C@H]4[C@@H](C2)N(CC2CC2)CC[C@@]341. The Kier molecular flexibility index (Phi) is 6.61. The average Bonchev–Trinajstić information content (AvgIpc) is 3.70. The predicted octanol–water partition coefficient (Wildman–Crippen LogP) is 5.73. The van der Waals surface area contributed by atoms with Crippen molar-refractivity contribution in [2.45, 2.75) is 82.9 Å². The highest BCUT2D eigenvalue weighted by Gasteiger charge is 2.67. The first kappa shape index (κ1) is 26.9. The number of phenols is 1. The summed E-state index contributed by atoms with van der Waals surface area (Å²) >= 11 is 0. The largest absolute Gasteiger partial charge is 0.508 e. The first-order valence-corrected chi connectivity index (χ1v) is 15.7. The second-order valence-corrected chi connectivity index (χ2v) is 13.7. The Labute approximate surface area is 244 Å². The topological polar surface area (TPSA) is 62.2 Å². The number of aromatic hydroxyl groups is 1. The highest BCUT2D eigenvalue weighted by Crippen LogP contribution is 2.65. The minimum Gasteiger partial charge on any atom is -0.508 e. The second kappa shape index (κ2) is 10.1. The molecule has 2 aromatic carbocycles. The first-order chi connectivity index (χ1) is 19.8. The Bertz CT molecular complexity index is 1380. The maximum Gasteiger partial charge on any atom is 0.246 e. The third-order valence-corrected chi connectivity index (χ3v) is 10.6. The van der Waals surface area contributed by atoms with E-state index in [0.717, 1.165) is 55.0 Å². The molecule has 0 unspecified atom stereocenters. The van der Waals surface area contributed by atoms with Gasteiger partial charge in [-0.3, -0.25) is 9.69 Å². The molecular formula is C35H44N2O4. The van der Waals surface area contributed by atoms with Crippen LogP contribution in [0.2, 0.25) is 0 Å². The molecule has 2 saturated carbocycles. The number of hydrogen-bond donors (Lipinski definition) is 1. The molecular weight excluding hydrogens is 512 g/mol. The number of nitrogens with zero attached hydrogens (tertiary/aromatic N) is 2. The molecule has 0 radical (unpaired) electrons. The molecule has 3 fully saturated rings. The van der Waals surface area contributed by atoms with E-state index in [0.29, 0.717) is 35.9 Å². The first-order valence-electron chi connectivity index (χ1n) is 15.7. The zero-order valence-electron chi connectivity index (χ0n) is 24.9. The Balaban J connectivity index is 1.28. The lowest BCUT2D eigenvalue weighted by atomic mass is 9.50. The highest BCUT2D eigenvalue weighted by molar-refractivity contribution is 5.92. The fourth-order valence-electron chi connectivity index (χ4n) is 8.80. The fourth-order valence-corrected chi connectivity index (χ4v) is 8.80. The van der Waals surface area contributed by atoms with Crippen LogP contribution in [0, 0.1) is 24.7 Å². The molecule has 218 valence electrons. The lowest BCUT2D eigenvalue weighted by Crippen LogP contribution is -2.69. The molecule has 3 aliphatic carbocycles. The van der Waals surface area contributed by atoms with Crippen LogP contribution < -0.4 is 9.47 Å². The molecule has 1 amide bonds. The Morgan fingerprint density at radius 1 is 1.24 bits per heavy atom. The summed E-state index contributed by atoms with van der Waals surface area (Å²) in [6, 6.07) is 10.4. The molecule has 2 aliphatic heterocycles. The molecule has 5 aliphatic rings. The zero-order valence-corrected chi connectivity index (χ0v) is 24.9. The number of ether oxygens (including phenoxy) is 2. The third-order valence-electron chi connectivity index (χ3n) is 10.6. The van der Waals surface area contributed by atoms with Crippen molar-refractivity contribution in [3.05, 3.63) is 58.7 Å². The number of methoxy groups -OCH3 is 1. The van der Waals surface area contributed by atoms with Crippen molar-refractivity contribution in [3.63, 3.8) is 0 Å². The highest BCUT2D eigenvalue weighted by atomic mass is 16.5. The van der Waals surface area contributed by atoms with Crippen LogP contribution in [0.25, 0.3) is 6.08 Å². The van der Waals surface area contributed by atoms with Crippen molar-refractivity contribution in [1.82, 2.24) is 9.80 Å². The van der Waals surface area contributed by atoms with Gasteiger partial charge in [-0.05, 0) is 81.4 Å². The van der Waals surface area contributed by atoms with Gasteiger partial charge >= 0.3 is 0 Å². The van der Waals surface area contributed by atoms with Gasteiger partial charge in [0.1, 0.15) is 11.9 Å². The minimum absolute atomic E-state index is 0.0378. The third kappa shape index (κ3) is 4.36. The number of carbonyl (C=O) groups excluding carboxylic acids is 1. The van der Waals surface area contributed by atoms with Crippen LogP contribution in [0.15, 0.2) is 36.4 Å². The summed E-state index contributed by atoms with van der Waals surface area (Å²) in [6.45, 7) is 9.35. The van der Waals surface area contributed by atoms with Crippen LogP contribution in [0.5, 0.6) is 17.2 Å². The second-order valence-electron chi connectivity index (χ2n) is 13.7. The summed E-state index contributed by atoms with van der Waals surface area (Å²) in [4.78, 5) is 18.8. The molecule has 1 N–H and O–H groups in total. The molecule has 2 heterocycles. The average molecular weight is 557 g/mol. The maximum absolute atomic E-state index is 14.0. The van der Waals surface area contributed by atoms with Crippen LogP contribution in [-0.2, 0) is 16.6 Å². The number of amides is 1. The summed E-state index contributed by atoms with van der Waals surface area (Å²) in [5, 5.41) is 11.3. The van der Waals surface area contributed by atoms with Crippen LogP contribution in [0.1, 0.15) is 68.2 Å². The van der Waals surface area contributed by atoms with E-state index in [4.69, 9.17) is 9.47 Å². The van der Waals surface area contributed by atoms with Gasteiger partial charge in [0.05, 0.1) is 13.2 Å². The Hall–Kier alpha value is -2.99. The maximum atomic E-state index is 14.0. The smallest absolute Gasteiger partial charge is 0.246 e. The summed E-state index contributed by atoms with van der Waals surface area (Å²) in [5.74, 6) is 3.42. The molecule has 5 atom stereocenters. The van der Waals surface area contributed by atoms with Gasteiger partial charge < -0.3 is 19.5 Å². The van der Waals surface area contributed by atoms with Crippen LogP contribution in [0.3, 0.4) is 0 Å². The minimum atomic E-state index is -0.210. The number of hydrogen-bond acceptors (Lipinski definition) is 5. The van der Waals surface area contributed by atoms with Crippen molar-refractivity contribution in [2.24, 2.45) is 17.8 Å². The van der Waals surface area contributed by atoms with E-state index in [2.05, 4.69) is 42.7 Å².